The van der Waals surface area contributed by atoms with Gasteiger partial charge in [0.2, 0.25) is 0 Å². The largest absolute Gasteiger partial charge is 0.390 e. The van der Waals surface area contributed by atoms with E-state index in [-0.39, 0.29) is 5.92 Å². The molecule has 0 unspecified atom stereocenters. The Balaban J connectivity index is 1.70. The molecule has 3 heteroatoms. The van der Waals surface area contributed by atoms with Gasteiger partial charge in [0.05, 0.1) is 11.7 Å². The predicted octanol–water partition coefficient (Wildman–Crippen LogP) is 7.13. The van der Waals surface area contributed by atoms with Crippen LogP contribution >= 0.6 is 0 Å². The van der Waals surface area contributed by atoms with E-state index in [1.54, 1.807) is 5.57 Å². The number of rotatable bonds is 9. The molecule has 0 amide bonds. The fraction of sp³-hybridized carbons (Fsp3) is 0.742. The van der Waals surface area contributed by atoms with E-state index in [4.69, 9.17) is 10.5 Å². The minimum Gasteiger partial charge on any atom is -0.390 e. The van der Waals surface area contributed by atoms with Crippen LogP contribution in [0.4, 0.5) is 0 Å². The van der Waals surface area contributed by atoms with E-state index in [1.165, 1.54) is 43.3 Å². The first kappa shape index (κ1) is 27.4. The molecule has 0 aromatic heterocycles. The van der Waals surface area contributed by atoms with E-state index in [0.29, 0.717) is 35.8 Å². The molecular weight excluding hydrogens is 418 g/mol. The Morgan fingerprint density at radius 1 is 1.18 bits per heavy atom. The number of nitrogens with two attached hydrogens (primary N) is 1. The third kappa shape index (κ3) is 6.53. The highest BCUT2D eigenvalue weighted by Gasteiger charge is 2.50. The third-order valence-corrected chi connectivity index (χ3v) is 9.36. The minimum atomic E-state index is -0.663. The fourth-order valence-corrected chi connectivity index (χ4v) is 6.71. The molecule has 192 valence electrons. The van der Waals surface area contributed by atoms with E-state index < -0.39 is 5.60 Å². The number of aliphatic hydroxyl groups is 1. The van der Waals surface area contributed by atoms with Gasteiger partial charge in [0.25, 0.3) is 0 Å². The Morgan fingerprint density at radius 2 is 1.94 bits per heavy atom. The van der Waals surface area contributed by atoms with Crippen molar-refractivity contribution in [2.75, 3.05) is 13.2 Å². The summed E-state index contributed by atoms with van der Waals surface area (Å²) in [7, 11) is 0. The van der Waals surface area contributed by atoms with E-state index >= 15 is 0 Å². The van der Waals surface area contributed by atoms with Gasteiger partial charge in [-0.25, -0.2) is 0 Å². The zero-order valence-corrected chi connectivity index (χ0v) is 22.6. The summed E-state index contributed by atoms with van der Waals surface area (Å²) in [6.45, 7) is 16.7. The lowest BCUT2D eigenvalue weighted by molar-refractivity contribution is 0.0433. The summed E-state index contributed by atoms with van der Waals surface area (Å²) < 4.78 is 6.08. The Kier molecular flexibility index (Phi) is 9.45. The average Bonchev–Trinajstić information content (AvgIpc) is 3.14. The van der Waals surface area contributed by atoms with Crippen molar-refractivity contribution in [3.63, 3.8) is 0 Å². The molecule has 3 rings (SSSR count). The lowest BCUT2D eigenvalue weighted by atomic mass is 9.61. The van der Waals surface area contributed by atoms with Crippen LogP contribution < -0.4 is 5.73 Å². The van der Waals surface area contributed by atoms with Crippen LogP contribution in [0.15, 0.2) is 47.6 Å². The maximum absolute atomic E-state index is 10.3. The molecule has 3 saturated carbocycles. The van der Waals surface area contributed by atoms with Crippen molar-refractivity contribution in [2.24, 2.45) is 34.8 Å². The van der Waals surface area contributed by atoms with Gasteiger partial charge < -0.3 is 15.6 Å². The van der Waals surface area contributed by atoms with Crippen LogP contribution in [0, 0.1) is 29.1 Å². The zero-order chi connectivity index (χ0) is 24.9. The molecule has 3 fully saturated rings. The second kappa shape index (κ2) is 11.7. The molecule has 0 radical (unpaired) electrons. The summed E-state index contributed by atoms with van der Waals surface area (Å²) in [4.78, 5) is 0. The Bertz CT molecular complexity index is 786. The van der Waals surface area contributed by atoms with Gasteiger partial charge in [0.1, 0.15) is 0 Å². The highest BCUT2D eigenvalue weighted by atomic mass is 16.5. The van der Waals surface area contributed by atoms with Crippen LogP contribution in [0.2, 0.25) is 0 Å². The van der Waals surface area contributed by atoms with Crippen molar-refractivity contribution in [2.45, 2.75) is 104 Å². The highest BCUT2D eigenvalue weighted by Crippen LogP contribution is 2.59. The molecule has 3 aliphatic carbocycles. The van der Waals surface area contributed by atoms with Gasteiger partial charge in [0, 0.05) is 12.5 Å². The molecule has 0 aromatic rings. The van der Waals surface area contributed by atoms with E-state index in [9.17, 15) is 5.11 Å². The normalized spacial score (nSPS) is 34.7. The van der Waals surface area contributed by atoms with Crippen LogP contribution in [-0.4, -0.2) is 30.0 Å². The van der Waals surface area contributed by atoms with Gasteiger partial charge in [-0.1, -0.05) is 62.8 Å². The first-order valence-corrected chi connectivity index (χ1v) is 13.9. The van der Waals surface area contributed by atoms with Crippen LogP contribution in [0.3, 0.4) is 0 Å². The molecule has 0 bridgehead atoms. The van der Waals surface area contributed by atoms with Crippen LogP contribution in [0.25, 0.3) is 0 Å². The van der Waals surface area contributed by atoms with Crippen molar-refractivity contribution in [1.82, 2.24) is 0 Å². The standard InChI is InChI=1S/C31H51NO2/c1-22-11-15-27(34-20-8-19-32)21-26(22)14-13-25-9-7-18-31(6)28(16-17-29(25)31)23(2)10-12-24(3)30(4,5)33/h10,12-14,23-24,27-29,33H,1,7-9,11,15-21,32H2,2-6H3/b12-10+,25-13+,26-14-/t23-,24+,27+,28-,29+,31-/m1/s1. The summed E-state index contributed by atoms with van der Waals surface area (Å²) in [5, 5.41) is 10.3. The summed E-state index contributed by atoms with van der Waals surface area (Å²) in [5.41, 5.74) is 9.67. The molecule has 3 N–H and O–H groups in total. The maximum atomic E-state index is 10.3. The monoisotopic (exact) mass is 469 g/mol. The molecule has 0 saturated heterocycles. The Hall–Kier alpha value is -1.16. The molecule has 0 heterocycles. The van der Waals surface area contributed by atoms with Gasteiger partial charge in [-0.15, -0.1) is 0 Å². The highest BCUT2D eigenvalue weighted by molar-refractivity contribution is 5.36. The number of fused-ring (bicyclic) bond motifs is 1. The van der Waals surface area contributed by atoms with Crippen molar-refractivity contribution in [1.29, 1.82) is 0 Å². The summed E-state index contributed by atoms with van der Waals surface area (Å²) in [6.07, 6.45) is 20.3. The number of ether oxygens (including phenoxy) is 1. The molecule has 3 nitrogen and oxygen atoms in total. The minimum absolute atomic E-state index is 0.167. The van der Waals surface area contributed by atoms with Crippen molar-refractivity contribution < 1.29 is 9.84 Å². The number of hydrogen-bond donors (Lipinski definition) is 2. The Morgan fingerprint density at radius 3 is 2.65 bits per heavy atom. The maximum Gasteiger partial charge on any atom is 0.0651 e. The van der Waals surface area contributed by atoms with Gasteiger partial charge >= 0.3 is 0 Å². The smallest absolute Gasteiger partial charge is 0.0651 e. The van der Waals surface area contributed by atoms with Gasteiger partial charge in [-0.3, -0.25) is 0 Å². The fourth-order valence-electron chi connectivity index (χ4n) is 6.71. The number of hydrogen-bond acceptors (Lipinski definition) is 3. The average molecular weight is 470 g/mol. The van der Waals surface area contributed by atoms with Crippen LogP contribution in [0.5, 0.6) is 0 Å². The third-order valence-electron chi connectivity index (χ3n) is 9.36. The van der Waals surface area contributed by atoms with Gasteiger partial charge in [-0.2, -0.15) is 0 Å². The molecule has 0 aromatic carbocycles. The van der Waals surface area contributed by atoms with E-state index in [2.05, 4.69) is 51.7 Å². The topological polar surface area (TPSA) is 55.5 Å². The molecule has 0 aliphatic heterocycles. The summed E-state index contributed by atoms with van der Waals surface area (Å²) in [5.74, 6) is 2.12. The first-order chi connectivity index (χ1) is 16.1. The molecule has 3 aliphatic rings. The second-order valence-electron chi connectivity index (χ2n) is 12.2. The van der Waals surface area contributed by atoms with Crippen LogP contribution in [0.1, 0.15) is 92.4 Å². The quantitative estimate of drug-likeness (QED) is 0.279. The first-order valence-electron chi connectivity index (χ1n) is 13.9. The summed E-state index contributed by atoms with van der Waals surface area (Å²) >= 11 is 0. The van der Waals surface area contributed by atoms with Crippen molar-refractivity contribution >= 4 is 0 Å². The zero-order valence-electron chi connectivity index (χ0n) is 22.6. The predicted molar refractivity (Wildman–Crippen MR) is 145 cm³/mol. The molecular formula is C31H51NO2. The second-order valence-corrected chi connectivity index (χ2v) is 12.2. The van der Waals surface area contributed by atoms with Gasteiger partial charge in [0.15, 0.2) is 0 Å². The molecule has 0 spiro atoms. The van der Waals surface area contributed by atoms with Crippen molar-refractivity contribution in [3.8, 4) is 0 Å². The summed E-state index contributed by atoms with van der Waals surface area (Å²) in [6, 6.07) is 0. The van der Waals surface area contributed by atoms with E-state index in [1.807, 2.05) is 13.8 Å². The molecule has 6 atom stereocenters. The molecule has 34 heavy (non-hydrogen) atoms. The number of allylic oxidation sites excluding steroid dienone is 5. The Labute approximate surface area is 209 Å². The van der Waals surface area contributed by atoms with E-state index in [0.717, 1.165) is 32.3 Å². The van der Waals surface area contributed by atoms with Crippen LogP contribution in [-0.2, 0) is 4.74 Å². The SMILES string of the molecule is C=C1CC[C@H](OCCCN)C/C1=C/C=C1\CCC[C@]2(C)[C@@H]([C@H](C)/C=C/[C@H](C)C(C)(C)O)CC[C@@H]12. The van der Waals surface area contributed by atoms with Crippen molar-refractivity contribution in [3.05, 3.63) is 47.6 Å². The van der Waals surface area contributed by atoms with Gasteiger partial charge in [-0.05, 0) is 107 Å². The lowest BCUT2D eigenvalue weighted by Gasteiger charge is -2.44. The lowest BCUT2D eigenvalue weighted by Crippen LogP contribution is -2.35.